The highest BCUT2D eigenvalue weighted by molar-refractivity contribution is 5.95. The van der Waals surface area contributed by atoms with Gasteiger partial charge in [0.25, 0.3) is 0 Å². The second-order valence-electron chi connectivity index (χ2n) is 15.8. The minimum atomic E-state index is -1.59. The average molecular weight is 637 g/mol. The number of hydrogen-bond acceptors (Lipinski definition) is 11. The summed E-state index contributed by atoms with van der Waals surface area (Å²) in [6.45, 7) is 15.9. The first-order valence-electron chi connectivity index (χ1n) is 15.8. The molecule has 0 spiro atoms. The summed E-state index contributed by atoms with van der Waals surface area (Å²) in [6.07, 6.45) is -1.27. The van der Waals surface area contributed by atoms with Gasteiger partial charge in [-0.15, -0.1) is 0 Å². The quantitative estimate of drug-likeness (QED) is 0.330. The van der Waals surface area contributed by atoms with Crippen LogP contribution in [0.25, 0.3) is 11.0 Å². The lowest BCUT2D eigenvalue weighted by molar-refractivity contribution is -0.217. The fraction of sp³-hybridized carbons (Fsp3) is 0.629. The molecule has 6 atom stereocenters. The first kappa shape index (κ1) is 30.7. The molecule has 4 bridgehead atoms. The van der Waals surface area contributed by atoms with E-state index in [1.54, 1.807) is 46.8 Å². The van der Waals surface area contributed by atoms with Gasteiger partial charge < -0.3 is 28.1 Å². The van der Waals surface area contributed by atoms with Gasteiger partial charge in [0, 0.05) is 16.9 Å². The maximum Gasteiger partial charge on any atom is 0.351 e. The Bertz CT molecular complexity index is 1830. The van der Waals surface area contributed by atoms with Crippen LogP contribution in [0.1, 0.15) is 98.5 Å². The summed E-state index contributed by atoms with van der Waals surface area (Å²) in [4.78, 5) is 67.9. The summed E-state index contributed by atoms with van der Waals surface area (Å²) in [5.74, 6) is -1.94. The highest BCUT2D eigenvalue weighted by Crippen LogP contribution is 2.67. The molecule has 3 aliphatic heterocycles. The Hall–Kier alpha value is -3.89. The van der Waals surface area contributed by atoms with Gasteiger partial charge in [-0.1, -0.05) is 27.7 Å². The van der Waals surface area contributed by atoms with Crippen LogP contribution in [0.5, 0.6) is 5.75 Å². The molecule has 0 amide bonds. The van der Waals surface area contributed by atoms with Crippen LogP contribution < -0.4 is 10.2 Å². The molecule has 2 saturated carbocycles. The number of esters is 4. The largest absolute Gasteiger partial charge is 0.483 e. The molecule has 7 rings (SSSR count). The summed E-state index contributed by atoms with van der Waals surface area (Å²) < 4.78 is 36.8. The molecule has 11 heteroatoms. The van der Waals surface area contributed by atoms with Crippen LogP contribution in [0.3, 0.4) is 0 Å². The van der Waals surface area contributed by atoms with Crippen molar-refractivity contribution < 1.29 is 47.3 Å². The van der Waals surface area contributed by atoms with Gasteiger partial charge in [-0.05, 0) is 72.4 Å². The van der Waals surface area contributed by atoms with Crippen molar-refractivity contribution in [2.75, 3.05) is 0 Å². The van der Waals surface area contributed by atoms with E-state index in [0.717, 1.165) is 0 Å². The van der Waals surface area contributed by atoms with E-state index in [0.29, 0.717) is 18.6 Å². The number of hydrogen-bond donors (Lipinski definition) is 0. The molecule has 2 aliphatic carbocycles. The van der Waals surface area contributed by atoms with Crippen LogP contribution in [-0.4, -0.2) is 46.8 Å². The standard InChI is InChI=1S/C35H40O11/c1-17-16-19(36)18-10-11-20-21(22(18)41-17)23(42-27(39)34-14-12-32(8,25(37)45-34)30(34,4)5)24(29(2,3)44-20)43-28(40)35-15-13-33(9,26(38)46-35)31(35,6)7/h10-11,16,23-24H,12-15H2,1-9H3/t23-,24-,32-,33-,34+,35+/m1/s1. The van der Waals surface area contributed by atoms with Crippen molar-refractivity contribution in [3.05, 3.63) is 39.7 Å². The van der Waals surface area contributed by atoms with Crippen molar-refractivity contribution >= 4 is 34.8 Å². The fourth-order valence-electron chi connectivity index (χ4n) is 8.70. The molecule has 5 aliphatic rings. The lowest BCUT2D eigenvalue weighted by atomic mass is 9.66. The van der Waals surface area contributed by atoms with Crippen molar-refractivity contribution in [1.29, 1.82) is 0 Å². The maximum atomic E-state index is 14.4. The molecule has 0 radical (unpaired) electrons. The normalized spacial score (nSPS) is 37.3. The van der Waals surface area contributed by atoms with Crippen LogP contribution in [0, 0.1) is 28.6 Å². The minimum absolute atomic E-state index is 0.118. The lowest BCUT2D eigenvalue weighted by Crippen LogP contribution is -2.57. The highest BCUT2D eigenvalue weighted by Gasteiger charge is 2.78. The molecule has 4 heterocycles. The van der Waals surface area contributed by atoms with E-state index in [4.69, 9.17) is 28.1 Å². The van der Waals surface area contributed by atoms with Crippen molar-refractivity contribution in [1.82, 2.24) is 0 Å². The van der Waals surface area contributed by atoms with E-state index in [-0.39, 0.29) is 40.6 Å². The van der Waals surface area contributed by atoms with Crippen LogP contribution >= 0.6 is 0 Å². The number of carbonyl (C=O) groups excluding carboxylic acids is 4. The Kier molecular flexibility index (Phi) is 5.83. The molecule has 2 aromatic rings. The lowest BCUT2D eigenvalue weighted by Gasteiger charge is -2.45. The Labute approximate surface area is 266 Å². The summed E-state index contributed by atoms with van der Waals surface area (Å²) in [5, 5.41) is 0.217. The van der Waals surface area contributed by atoms with E-state index < -0.39 is 74.5 Å². The molecule has 0 unspecified atom stereocenters. The van der Waals surface area contributed by atoms with Gasteiger partial charge in [-0.3, -0.25) is 14.4 Å². The Morgan fingerprint density at radius 2 is 1.26 bits per heavy atom. The van der Waals surface area contributed by atoms with Crippen molar-refractivity contribution in [3.63, 3.8) is 0 Å². The van der Waals surface area contributed by atoms with Crippen LogP contribution in [-0.2, 0) is 38.1 Å². The minimum Gasteiger partial charge on any atom is -0.483 e. The number of fused-ring (bicyclic) bond motifs is 7. The van der Waals surface area contributed by atoms with Crippen molar-refractivity contribution in [3.8, 4) is 5.75 Å². The molecular weight excluding hydrogens is 596 g/mol. The Morgan fingerprint density at radius 1 is 0.739 bits per heavy atom. The summed E-state index contributed by atoms with van der Waals surface area (Å²) >= 11 is 0. The van der Waals surface area contributed by atoms with E-state index in [1.165, 1.54) is 6.07 Å². The Balaban J connectivity index is 1.37. The number of aryl methyl sites for hydroxylation is 1. The predicted octanol–water partition coefficient (Wildman–Crippen LogP) is 5.01. The van der Waals surface area contributed by atoms with Gasteiger partial charge in [0.15, 0.2) is 17.6 Å². The molecule has 46 heavy (non-hydrogen) atoms. The van der Waals surface area contributed by atoms with Gasteiger partial charge in [0.2, 0.25) is 11.2 Å². The van der Waals surface area contributed by atoms with Gasteiger partial charge in [-0.25, -0.2) is 9.59 Å². The molecule has 11 nitrogen and oxygen atoms in total. The van der Waals surface area contributed by atoms with E-state index in [2.05, 4.69) is 0 Å². The number of benzene rings is 1. The molecule has 246 valence electrons. The van der Waals surface area contributed by atoms with Gasteiger partial charge >= 0.3 is 23.9 Å². The second-order valence-corrected chi connectivity index (χ2v) is 15.8. The molecular formula is C35H40O11. The summed E-state index contributed by atoms with van der Waals surface area (Å²) in [5.41, 5.74) is -8.03. The first-order chi connectivity index (χ1) is 21.2. The van der Waals surface area contributed by atoms with Crippen LogP contribution in [0.4, 0.5) is 0 Å². The van der Waals surface area contributed by atoms with Crippen LogP contribution in [0.2, 0.25) is 0 Å². The molecule has 2 saturated heterocycles. The van der Waals surface area contributed by atoms with Gasteiger partial charge in [-0.2, -0.15) is 0 Å². The highest BCUT2D eigenvalue weighted by atomic mass is 16.7. The molecule has 1 aromatic carbocycles. The number of ether oxygens (including phenoxy) is 5. The molecule has 1 aromatic heterocycles. The smallest absolute Gasteiger partial charge is 0.351 e. The fourth-order valence-corrected chi connectivity index (χ4v) is 8.70. The first-order valence-corrected chi connectivity index (χ1v) is 15.8. The predicted molar refractivity (Wildman–Crippen MR) is 161 cm³/mol. The monoisotopic (exact) mass is 636 g/mol. The second kappa shape index (κ2) is 8.72. The van der Waals surface area contributed by atoms with Gasteiger partial charge in [0.05, 0.1) is 21.8 Å². The third kappa shape index (κ3) is 3.31. The zero-order chi connectivity index (χ0) is 33.6. The third-order valence-corrected chi connectivity index (χ3v) is 12.9. The zero-order valence-corrected chi connectivity index (χ0v) is 27.7. The molecule has 4 fully saturated rings. The summed E-state index contributed by atoms with van der Waals surface area (Å²) in [6, 6.07) is 4.52. The van der Waals surface area contributed by atoms with Crippen molar-refractivity contribution in [2.24, 2.45) is 21.7 Å². The van der Waals surface area contributed by atoms with E-state index >= 15 is 0 Å². The topological polar surface area (TPSA) is 145 Å². The SMILES string of the molecule is Cc1cc(=O)c2ccc3c(c2o1)[C@@H](OC(=O)[C@]12CC[C@](C)(C(=O)O1)C2(C)C)[C@@H](OC(=O)[C@]12CC[C@](C)(C(=O)O1)C2(C)C)C(C)(C)O3. The zero-order valence-electron chi connectivity index (χ0n) is 27.7. The Morgan fingerprint density at radius 3 is 1.74 bits per heavy atom. The average Bonchev–Trinajstić information content (AvgIpc) is 3.42. The summed E-state index contributed by atoms with van der Waals surface area (Å²) in [7, 11) is 0. The van der Waals surface area contributed by atoms with Gasteiger partial charge in [0.1, 0.15) is 22.7 Å². The van der Waals surface area contributed by atoms with E-state index in [9.17, 15) is 24.0 Å². The van der Waals surface area contributed by atoms with E-state index in [1.807, 2.05) is 27.7 Å². The number of rotatable bonds is 4. The van der Waals surface area contributed by atoms with Crippen molar-refractivity contribution in [2.45, 2.75) is 117 Å². The third-order valence-electron chi connectivity index (χ3n) is 12.9. The maximum absolute atomic E-state index is 14.4. The number of carbonyl (C=O) groups is 4. The molecule has 0 N–H and O–H groups in total. The van der Waals surface area contributed by atoms with Crippen LogP contribution in [0.15, 0.2) is 27.4 Å².